The lowest BCUT2D eigenvalue weighted by Gasteiger charge is -1.99. The fourth-order valence-corrected chi connectivity index (χ4v) is 1.29. The van der Waals surface area contributed by atoms with Gasteiger partial charge in [-0.2, -0.15) is 0 Å². The summed E-state index contributed by atoms with van der Waals surface area (Å²) >= 11 is 0. The Morgan fingerprint density at radius 2 is 2.43 bits per heavy atom. The Hall–Kier alpha value is -1.62. The third kappa shape index (κ3) is 1.42. The van der Waals surface area contributed by atoms with Gasteiger partial charge in [-0.25, -0.2) is 4.98 Å². The normalized spacial score (nSPS) is 10.7. The minimum Gasteiger partial charge on any atom is -0.388 e. The van der Waals surface area contributed by atoms with E-state index in [0.717, 1.165) is 12.2 Å². The lowest BCUT2D eigenvalue weighted by molar-refractivity contribution is 0.229. The van der Waals surface area contributed by atoms with Crippen LogP contribution in [0.2, 0.25) is 0 Å². The summed E-state index contributed by atoms with van der Waals surface area (Å²) in [5.74, 6) is 0.462. The quantitative estimate of drug-likeness (QED) is 0.791. The summed E-state index contributed by atoms with van der Waals surface area (Å²) in [7, 11) is 0. The van der Waals surface area contributed by atoms with Crippen molar-refractivity contribution in [1.82, 2.24) is 14.7 Å². The van der Waals surface area contributed by atoms with Crippen molar-refractivity contribution in [2.75, 3.05) is 0 Å². The molecule has 0 fully saturated rings. The number of imidazole rings is 1. The van der Waals surface area contributed by atoms with Crippen LogP contribution in [-0.2, 0) is 13.2 Å². The van der Waals surface area contributed by atoms with Gasteiger partial charge in [-0.05, 0) is 6.92 Å². The molecule has 0 aliphatic heterocycles. The molecule has 0 saturated heterocycles. The second-order valence-corrected chi connectivity index (χ2v) is 2.90. The van der Waals surface area contributed by atoms with Crippen molar-refractivity contribution in [2.45, 2.75) is 20.1 Å². The zero-order valence-corrected chi connectivity index (χ0v) is 7.84. The molecule has 2 aromatic heterocycles. The van der Waals surface area contributed by atoms with Crippen LogP contribution >= 0.6 is 0 Å². The molecule has 0 saturated carbocycles. The first kappa shape index (κ1) is 8.96. The molecule has 0 amide bonds. The van der Waals surface area contributed by atoms with Crippen LogP contribution in [0.15, 0.2) is 23.1 Å². The standard InChI is InChI=1S/C9H11N3O2/c1-2-12-6-10-4-9(12)8-3-7(5-13)14-11-8/h3-4,6,13H,2,5H2,1H3. The van der Waals surface area contributed by atoms with Gasteiger partial charge in [0.15, 0.2) is 5.76 Å². The van der Waals surface area contributed by atoms with Gasteiger partial charge in [0, 0.05) is 12.6 Å². The summed E-state index contributed by atoms with van der Waals surface area (Å²) in [6, 6.07) is 1.71. The van der Waals surface area contributed by atoms with Gasteiger partial charge in [-0.15, -0.1) is 0 Å². The Morgan fingerprint density at radius 1 is 1.57 bits per heavy atom. The highest BCUT2D eigenvalue weighted by atomic mass is 16.5. The van der Waals surface area contributed by atoms with E-state index in [1.165, 1.54) is 0 Å². The minimum absolute atomic E-state index is 0.132. The maximum Gasteiger partial charge on any atom is 0.162 e. The predicted molar refractivity (Wildman–Crippen MR) is 49.3 cm³/mol. The van der Waals surface area contributed by atoms with Gasteiger partial charge in [-0.1, -0.05) is 5.16 Å². The molecule has 0 spiro atoms. The van der Waals surface area contributed by atoms with Crippen LogP contribution in [0.4, 0.5) is 0 Å². The average Bonchev–Trinajstić information content (AvgIpc) is 2.85. The van der Waals surface area contributed by atoms with Gasteiger partial charge < -0.3 is 14.2 Å². The summed E-state index contributed by atoms with van der Waals surface area (Å²) in [5, 5.41) is 12.7. The van der Waals surface area contributed by atoms with Gasteiger partial charge in [0.25, 0.3) is 0 Å². The monoisotopic (exact) mass is 193 g/mol. The molecule has 0 aliphatic carbocycles. The Labute approximate surface area is 81.0 Å². The Bertz CT molecular complexity index is 419. The number of nitrogens with zero attached hydrogens (tertiary/aromatic N) is 3. The van der Waals surface area contributed by atoms with Crippen molar-refractivity contribution < 1.29 is 9.63 Å². The topological polar surface area (TPSA) is 64.1 Å². The van der Waals surface area contributed by atoms with E-state index in [1.54, 1.807) is 18.6 Å². The van der Waals surface area contributed by atoms with Crippen molar-refractivity contribution in [2.24, 2.45) is 0 Å². The van der Waals surface area contributed by atoms with Crippen LogP contribution in [0.25, 0.3) is 11.4 Å². The highest BCUT2D eigenvalue weighted by Crippen LogP contribution is 2.18. The SMILES string of the molecule is CCn1cncc1-c1cc(CO)on1. The molecule has 0 atom stereocenters. The first-order valence-corrected chi connectivity index (χ1v) is 4.42. The fraction of sp³-hybridized carbons (Fsp3) is 0.333. The van der Waals surface area contributed by atoms with E-state index < -0.39 is 0 Å². The Kier molecular flexibility index (Phi) is 2.32. The second kappa shape index (κ2) is 3.63. The molecule has 5 nitrogen and oxygen atoms in total. The first-order valence-electron chi connectivity index (χ1n) is 4.42. The molecule has 2 rings (SSSR count). The number of hydrogen-bond donors (Lipinski definition) is 1. The molecular formula is C9H11N3O2. The van der Waals surface area contributed by atoms with Gasteiger partial charge >= 0.3 is 0 Å². The first-order chi connectivity index (χ1) is 6.85. The summed E-state index contributed by atoms with van der Waals surface area (Å²) in [5.41, 5.74) is 1.60. The van der Waals surface area contributed by atoms with Crippen LogP contribution in [0.5, 0.6) is 0 Å². The molecule has 0 unspecified atom stereocenters. The van der Waals surface area contributed by atoms with Crippen molar-refractivity contribution in [1.29, 1.82) is 0 Å². The summed E-state index contributed by atoms with van der Waals surface area (Å²) in [6.07, 6.45) is 3.46. The molecule has 2 aromatic rings. The zero-order valence-electron chi connectivity index (χ0n) is 7.84. The summed E-state index contributed by atoms with van der Waals surface area (Å²) in [4.78, 5) is 4.02. The zero-order chi connectivity index (χ0) is 9.97. The molecule has 0 aliphatic rings. The third-order valence-corrected chi connectivity index (χ3v) is 2.03. The van der Waals surface area contributed by atoms with Gasteiger partial charge in [0.05, 0.1) is 18.2 Å². The maximum absolute atomic E-state index is 8.82. The van der Waals surface area contributed by atoms with E-state index in [0.29, 0.717) is 11.5 Å². The molecule has 2 heterocycles. The van der Waals surface area contributed by atoms with E-state index >= 15 is 0 Å². The number of rotatable bonds is 3. The third-order valence-electron chi connectivity index (χ3n) is 2.03. The van der Waals surface area contributed by atoms with Gasteiger partial charge in [0.1, 0.15) is 12.3 Å². The highest BCUT2D eigenvalue weighted by Gasteiger charge is 2.09. The van der Waals surface area contributed by atoms with E-state index in [1.807, 2.05) is 11.5 Å². The van der Waals surface area contributed by atoms with E-state index in [2.05, 4.69) is 10.1 Å². The second-order valence-electron chi connectivity index (χ2n) is 2.90. The van der Waals surface area contributed by atoms with Crippen molar-refractivity contribution in [3.05, 3.63) is 24.4 Å². The van der Waals surface area contributed by atoms with Gasteiger partial charge in [-0.3, -0.25) is 0 Å². The Morgan fingerprint density at radius 3 is 3.07 bits per heavy atom. The Balaban J connectivity index is 2.38. The predicted octanol–water partition coefficient (Wildman–Crippen LogP) is 1.05. The summed E-state index contributed by atoms with van der Waals surface area (Å²) < 4.78 is 6.85. The van der Waals surface area contributed by atoms with Crippen molar-refractivity contribution >= 4 is 0 Å². The molecule has 5 heteroatoms. The molecule has 0 bridgehead atoms. The maximum atomic E-state index is 8.82. The average molecular weight is 193 g/mol. The lowest BCUT2D eigenvalue weighted by Crippen LogP contribution is -1.94. The molecule has 0 radical (unpaired) electrons. The fourth-order valence-electron chi connectivity index (χ4n) is 1.29. The number of aliphatic hydroxyl groups excluding tert-OH is 1. The molecule has 14 heavy (non-hydrogen) atoms. The van der Waals surface area contributed by atoms with Crippen LogP contribution in [0.3, 0.4) is 0 Å². The molecule has 74 valence electrons. The van der Waals surface area contributed by atoms with Gasteiger partial charge in [0.2, 0.25) is 0 Å². The van der Waals surface area contributed by atoms with E-state index in [9.17, 15) is 0 Å². The van der Waals surface area contributed by atoms with Crippen LogP contribution in [0, 0.1) is 0 Å². The number of hydrogen-bond acceptors (Lipinski definition) is 4. The molecular weight excluding hydrogens is 182 g/mol. The minimum atomic E-state index is -0.132. The van der Waals surface area contributed by atoms with E-state index in [-0.39, 0.29) is 6.61 Å². The number of aryl methyl sites for hydroxylation is 1. The lowest BCUT2D eigenvalue weighted by atomic mass is 10.3. The van der Waals surface area contributed by atoms with Crippen LogP contribution in [0.1, 0.15) is 12.7 Å². The molecule has 1 N–H and O–H groups in total. The van der Waals surface area contributed by atoms with Crippen molar-refractivity contribution in [3.8, 4) is 11.4 Å². The highest BCUT2D eigenvalue weighted by molar-refractivity contribution is 5.53. The number of aromatic nitrogens is 3. The van der Waals surface area contributed by atoms with Crippen LogP contribution in [-0.4, -0.2) is 19.8 Å². The summed E-state index contributed by atoms with van der Waals surface area (Å²) in [6.45, 7) is 2.72. The van der Waals surface area contributed by atoms with Crippen LogP contribution < -0.4 is 0 Å². The smallest absolute Gasteiger partial charge is 0.162 e. The van der Waals surface area contributed by atoms with E-state index in [4.69, 9.17) is 9.63 Å². The largest absolute Gasteiger partial charge is 0.388 e. The molecule has 0 aromatic carbocycles. The number of aliphatic hydroxyl groups is 1. The van der Waals surface area contributed by atoms with Crippen molar-refractivity contribution in [3.63, 3.8) is 0 Å².